The fourth-order valence-corrected chi connectivity index (χ4v) is 2.02. The molecule has 28 heavy (non-hydrogen) atoms. The number of hydrogen-bond donors (Lipinski definition) is 1. The molecule has 0 saturated carbocycles. The molecule has 8 nitrogen and oxygen atoms in total. The molecular formula is C20H31NO7. The van der Waals surface area contributed by atoms with Crippen molar-refractivity contribution in [2.24, 2.45) is 0 Å². The highest BCUT2D eigenvalue weighted by Gasteiger charge is 2.15. The first-order valence-electron chi connectivity index (χ1n) is 9.22. The smallest absolute Gasteiger partial charge is 0.332 e. The first-order chi connectivity index (χ1) is 13.3. The maximum absolute atomic E-state index is 11.4. The highest BCUT2D eigenvalue weighted by atomic mass is 16.6. The summed E-state index contributed by atoms with van der Waals surface area (Å²) in [5, 5.41) is 2.69. The number of hydrogen-bond acceptors (Lipinski definition) is 7. The number of rotatable bonds is 13. The lowest BCUT2D eigenvalue weighted by atomic mass is 10.2. The third-order valence-electron chi connectivity index (χ3n) is 3.06. The SMILES string of the molecule is CC(=O)Nc1ccc(OCCOCCOCCOCC(=O)OC(C)(C)C)cc1. The second kappa shape index (κ2) is 13.1. The van der Waals surface area contributed by atoms with Gasteiger partial charge in [0.25, 0.3) is 0 Å². The summed E-state index contributed by atoms with van der Waals surface area (Å²) < 4.78 is 26.6. The summed E-state index contributed by atoms with van der Waals surface area (Å²) in [5.41, 5.74) is 0.219. The number of nitrogens with one attached hydrogen (secondary N) is 1. The number of carbonyl (C=O) groups excluding carboxylic acids is 2. The molecule has 0 aliphatic heterocycles. The molecule has 0 saturated heterocycles. The van der Waals surface area contributed by atoms with Gasteiger partial charge in [0.15, 0.2) is 0 Å². The molecule has 0 fully saturated rings. The zero-order valence-corrected chi connectivity index (χ0v) is 17.1. The van der Waals surface area contributed by atoms with Crippen LogP contribution in [0, 0.1) is 0 Å². The van der Waals surface area contributed by atoms with E-state index in [9.17, 15) is 9.59 Å². The molecule has 0 heterocycles. The van der Waals surface area contributed by atoms with Crippen molar-refractivity contribution in [3.63, 3.8) is 0 Å². The Labute approximate surface area is 166 Å². The van der Waals surface area contributed by atoms with Crippen molar-refractivity contribution in [2.75, 3.05) is 51.6 Å². The van der Waals surface area contributed by atoms with Gasteiger partial charge in [-0.25, -0.2) is 4.79 Å². The molecule has 1 aromatic rings. The van der Waals surface area contributed by atoms with Crippen LogP contribution in [0.25, 0.3) is 0 Å². The predicted octanol–water partition coefficient (Wildman–Crippen LogP) is 2.42. The van der Waals surface area contributed by atoms with Crippen LogP contribution in [0.1, 0.15) is 27.7 Å². The van der Waals surface area contributed by atoms with Crippen LogP contribution >= 0.6 is 0 Å². The van der Waals surface area contributed by atoms with Gasteiger partial charge in [0.1, 0.15) is 24.6 Å². The molecule has 0 bridgehead atoms. The second-order valence-corrected chi connectivity index (χ2v) is 6.92. The van der Waals surface area contributed by atoms with Crippen LogP contribution in [-0.4, -0.2) is 63.7 Å². The lowest BCUT2D eigenvalue weighted by Crippen LogP contribution is -2.27. The largest absolute Gasteiger partial charge is 0.491 e. The molecule has 1 rings (SSSR count). The monoisotopic (exact) mass is 397 g/mol. The molecular weight excluding hydrogens is 366 g/mol. The molecule has 0 aromatic heterocycles. The van der Waals surface area contributed by atoms with Crippen molar-refractivity contribution in [3.05, 3.63) is 24.3 Å². The van der Waals surface area contributed by atoms with Gasteiger partial charge >= 0.3 is 5.97 Å². The van der Waals surface area contributed by atoms with E-state index in [2.05, 4.69) is 5.32 Å². The minimum Gasteiger partial charge on any atom is -0.491 e. The van der Waals surface area contributed by atoms with Gasteiger partial charge in [-0.15, -0.1) is 0 Å². The lowest BCUT2D eigenvalue weighted by Gasteiger charge is -2.19. The van der Waals surface area contributed by atoms with E-state index in [1.807, 2.05) is 20.8 Å². The van der Waals surface area contributed by atoms with Crippen molar-refractivity contribution < 1.29 is 33.3 Å². The predicted molar refractivity (Wildman–Crippen MR) is 105 cm³/mol. The van der Waals surface area contributed by atoms with Gasteiger partial charge in [-0.1, -0.05) is 0 Å². The Morgan fingerprint density at radius 3 is 1.93 bits per heavy atom. The molecule has 0 unspecified atom stereocenters. The summed E-state index contributed by atoms with van der Waals surface area (Å²) in [5.74, 6) is 0.204. The fourth-order valence-electron chi connectivity index (χ4n) is 2.02. The van der Waals surface area contributed by atoms with Crippen molar-refractivity contribution in [3.8, 4) is 5.75 Å². The van der Waals surface area contributed by atoms with E-state index in [0.29, 0.717) is 45.4 Å². The summed E-state index contributed by atoms with van der Waals surface area (Å²) in [6.07, 6.45) is 0. The van der Waals surface area contributed by atoms with Gasteiger partial charge in [0.05, 0.1) is 33.0 Å². The molecule has 0 radical (unpaired) electrons. The van der Waals surface area contributed by atoms with Crippen LogP contribution in [0.2, 0.25) is 0 Å². The van der Waals surface area contributed by atoms with Gasteiger partial charge in [-0.2, -0.15) is 0 Å². The summed E-state index contributed by atoms with van der Waals surface area (Å²) in [4.78, 5) is 22.4. The van der Waals surface area contributed by atoms with Crippen molar-refractivity contribution >= 4 is 17.6 Å². The van der Waals surface area contributed by atoms with Crippen LogP contribution in [-0.2, 0) is 28.5 Å². The Morgan fingerprint density at radius 1 is 0.857 bits per heavy atom. The van der Waals surface area contributed by atoms with Crippen LogP contribution < -0.4 is 10.1 Å². The molecule has 158 valence electrons. The van der Waals surface area contributed by atoms with E-state index in [0.717, 1.165) is 5.69 Å². The summed E-state index contributed by atoms with van der Waals surface area (Å²) in [7, 11) is 0. The average Bonchev–Trinajstić information content (AvgIpc) is 2.59. The Hall–Kier alpha value is -2.16. The van der Waals surface area contributed by atoms with Crippen LogP contribution in [0.5, 0.6) is 5.75 Å². The minimum atomic E-state index is -0.506. The van der Waals surface area contributed by atoms with E-state index in [1.54, 1.807) is 24.3 Å². The van der Waals surface area contributed by atoms with Crippen LogP contribution in [0.15, 0.2) is 24.3 Å². The molecule has 1 N–H and O–H groups in total. The first-order valence-corrected chi connectivity index (χ1v) is 9.22. The Kier molecular flexibility index (Phi) is 11.2. The van der Waals surface area contributed by atoms with Gasteiger partial charge in [-0.3, -0.25) is 4.79 Å². The van der Waals surface area contributed by atoms with E-state index >= 15 is 0 Å². The third kappa shape index (κ3) is 13.1. The van der Waals surface area contributed by atoms with Crippen molar-refractivity contribution in [2.45, 2.75) is 33.3 Å². The standard InChI is InChI=1S/C20H31NO7/c1-16(22)21-17-5-7-18(8-6-17)27-14-13-25-10-9-24-11-12-26-15-19(23)28-20(2,3)4/h5-8H,9-15H2,1-4H3,(H,21,22). The van der Waals surface area contributed by atoms with Crippen molar-refractivity contribution in [1.82, 2.24) is 0 Å². The van der Waals surface area contributed by atoms with E-state index < -0.39 is 5.60 Å². The molecule has 0 aliphatic carbocycles. The highest BCUT2D eigenvalue weighted by Crippen LogP contribution is 2.15. The second-order valence-electron chi connectivity index (χ2n) is 6.92. The number of amides is 1. The molecule has 0 aliphatic rings. The molecule has 0 spiro atoms. The number of anilines is 1. The van der Waals surface area contributed by atoms with Crippen LogP contribution in [0.4, 0.5) is 5.69 Å². The number of esters is 1. The van der Waals surface area contributed by atoms with E-state index in [-0.39, 0.29) is 18.5 Å². The molecule has 8 heteroatoms. The van der Waals surface area contributed by atoms with E-state index in [4.69, 9.17) is 23.7 Å². The third-order valence-corrected chi connectivity index (χ3v) is 3.06. The number of ether oxygens (including phenoxy) is 5. The van der Waals surface area contributed by atoms with Crippen LogP contribution in [0.3, 0.4) is 0 Å². The Morgan fingerprint density at radius 2 is 1.39 bits per heavy atom. The molecule has 0 atom stereocenters. The maximum atomic E-state index is 11.4. The fraction of sp³-hybridized carbons (Fsp3) is 0.600. The summed E-state index contributed by atoms with van der Waals surface area (Å²) in [6.45, 7) is 9.22. The zero-order valence-electron chi connectivity index (χ0n) is 17.1. The number of benzene rings is 1. The zero-order chi connectivity index (χ0) is 20.8. The van der Waals surface area contributed by atoms with Gasteiger partial charge < -0.3 is 29.0 Å². The molecule has 1 amide bonds. The lowest BCUT2D eigenvalue weighted by molar-refractivity contribution is -0.160. The minimum absolute atomic E-state index is 0.0831. The Balaban J connectivity index is 1.93. The highest BCUT2D eigenvalue weighted by molar-refractivity contribution is 5.88. The molecule has 1 aromatic carbocycles. The summed E-state index contributed by atoms with van der Waals surface area (Å²) in [6, 6.07) is 7.12. The maximum Gasteiger partial charge on any atom is 0.332 e. The normalized spacial score (nSPS) is 11.1. The topological polar surface area (TPSA) is 92.3 Å². The first kappa shape index (κ1) is 23.9. The number of carbonyl (C=O) groups is 2. The van der Waals surface area contributed by atoms with Gasteiger partial charge in [0, 0.05) is 12.6 Å². The van der Waals surface area contributed by atoms with Gasteiger partial charge in [0.2, 0.25) is 5.91 Å². The van der Waals surface area contributed by atoms with Crippen molar-refractivity contribution in [1.29, 1.82) is 0 Å². The quantitative estimate of drug-likeness (QED) is 0.404. The summed E-state index contributed by atoms with van der Waals surface area (Å²) >= 11 is 0. The van der Waals surface area contributed by atoms with E-state index in [1.165, 1.54) is 6.92 Å². The average molecular weight is 397 g/mol. The van der Waals surface area contributed by atoms with Gasteiger partial charge in [-0.05, 0) is 45.0 Å². The Bertz CT molecular complexity index is 581.